The fourth-order valence-electron chi connectivity index (χ4n) is 3.02. The third-order valence-electron chi connectivity index (χ3n) is 4.21. The van der Waals surface area contributed by atoms with E-state index < -0.39 is 0 Å². The molecule has 23 heavy (non-hydrogen) atoms. The number of fused-ring (bicyclic) bond motifs is 1. The highest BCUT2D eigenvalue weighted by atomic mass is 14.1. The fraction of sp³-hybridized carbons (Fsp3) is 0. The molecule has 4 aromatic carbocycles. The minimum Gasteiger partial charge on any atom is -0.0966 e. The lowest BCUT2D eigenvalue weighted by Gasteiger charge is -2.09. The van der Waals surface area contributed by atoms with Gasteiger partial charge >= 0.3 is 0 Å². The Morgan fingerprint density at radius 1 is 0.522 bits per heavy atom. The largest absolute Gasteiger partial charge is 0.113 e. The third kappa shape index (κ3) is 2.66. The molecule has 0 aliphatic heterocycles. The Morgan fingerprint density at radius 3 is 2.09 bits per heavy atom. The lowest BCUT2D eigenvalue weighted by Crippen LogP contribution is -1.99. The minimum absolute atomic E-state index is 0.791. The van der Waals surface area contributed by atoms with Gasteiger partial charge in [0.25, 0.3) is 0 Å². The Bertz CT molecular complexity index is 963. The first-order chi connectivity index (χ1) is 11.3. The molecule has 0 aliphatic rings. The van der Waals surface area contributed by atoms with Gasteiger partial charge in [-0.3, -0.25) is 0 Å². The van der Waals surface area contributed by atoms with Crippen molar-refractivity contribution in [3.05, 3.63) is 91.0 Å². The monoisotopic (exact) mass is 290 g/mol. The van der Waals surface area contributed by atoms with E-state index in [4.69, 9.17) is 7.85 Å². The highest BCUT2D eigenvalue weighted by Crippen LogP contribution is 2.31. The van der Waals surface area contributed by atoms with Crippen molar-refractivity contribution in [2.24, 2.45) is 0 Å². The van der Waals surface area contributed by atoms with E-state index in [1.807, 2.05) is 12.1 Å². The van der Waals surface area contributed by atoms with Gasteiger partial charge in [-0.2, -0.15) is 0 Å². The van der Waals surface area contributed by atoms with Crippen LogP contribution in [0.3, 0.4) is 0 Å². The zero-order valence-electron chi connectivity index (χ0n) is 12.7. The Morgan fingerprint density at radius 2 is 1.22 bits per heavy atom. The Kier molecular flexibility index (Phi) is 3.47. The molecular formula is C22H15B. The van der Waals surface area contributed by atoms with Crippen molar-refractivity contribution >= 4 is 24.1 Å². The Balaban J connectivity index is 1.86. The molecular weight excluding hydrogens is 275 g/mol. The summed E-state index contributed by atoms with van der Waals surface area (Å²) in [5.74, 6) is 0. The van der Waals surface area contributed by atoms with Crippen molar-refractivity contribution < 1.29 is 0 Å². The molecule has 0 N–H and O–H groups in total. The van der Waals surface area contributed by atoms with Gasteiger partial charge in [0.1, 0.15) is 7.85 Å². The van der Waals surface area contributed by atoms with Crippen LogP contribution in [0.15, 0.2) is 91.0 Å². The smallest absolute Gasteiger partial charge is 0.0966 e. The molecule has 0 fully saturated rings. The van der Waals surface area contributed by atoms with Gasteiger partial charge in [-0.05, 0) is 39.1 Å². The van der Waals surface area contributed by atoms with Crippen molar-refractivity contribution in [2.75, 3.05) is 0 Å². The van der Waals surface area contributed by atoms with E-state index in [1.165, 1.54) is 33.0 Å². The van der Waals surface area contributed by atoms with E-state index in [-0.39, 0.29) is 0 Å². The number of hydrogen-bond donors (Lipinski definition) is 0. The topological polar surface area (TPSA) is 0 Å². The van der Waals surface area contributed by atoms with Crippen LogP contribution in [0.25, 0.3) is 33.0 Å². The zero-order chi connectivity index (χ0) is 15.6. The second-order valence-corrected chi connectivity index (χ2v) is 5.73. The van der Waals surface area contributed by atoms with Crippen LogP contribution in [0, 0.1) is 0 Å². The van der Waals surface area contributed by atoms with Crippen LogP contribution in [0.1, 0.15) is 0 Å². The highest BCUT2D eigenvalue weighted by molar-refractivity contribution is 6.32. The van der Waals surface area contributed by atoms with Crippen LogP contribution >= 0.6 is 0 Å². The lowest BCUT2D eigenvalue weighted by molar-refractivity contribution is 1.61. The van der Waals surface area contributed by atoms with Crippen LogP contribution in [0.4, 0.5) is 0 Å². The maximum Gasteiger partial charge on any atom is 0.113 e. The summed E-state index contributed by atoms with van der Waals surface area (Å²) in [6.07, 6.45) is 0. The van der Waals surface area contributed by atoms with E-state index in [9.17, 15) is 0 Å². The van der Waals surface area contributed by atoms with Crippen LogP contribution in [0.5, 0.6) is 0 Å². The summed E-state index contributed by atoms with van der Waals surface area (Å²) < 4.78 is 0. The van der Waals surface area contributed by atoms with Gasteiger partial charge in [0.15, 0.2) is 0 Å². The Labute approximate surface area is 137 Å². The zero-order valence-corrected chi connectivity index (χ0v) is 12.7. The van der Waals surface area contributed by atoms with E-state index in [2.05, 4.69) is 78.9 Å². The minimum atomic E-state index is 0.791. The summed E-state index contributed by atoms with van der Waals surface area (Å²) >= 11 is 0. The van der Waals surface area contributed by atoms with Gasteiger partial charge in [-0.15, -0.1) is 0 Å². The van der Waals surface area contributed by atoms with Crippen LogP contribution < -0.4 is 5.46 Å². The van der Waals surface area contributed by atoms with E-state index in [1.54, 1.807) is 0 Å². The lowest BCUT2D eigenvalue weighted by atomic mass is 9.92. The van der Waals surface area contributed by atoms with Gasteiger partial charge in [0.05, 0.1) is 0 Å². The predicted molar refractivity (Wildman–Crippen MR) is 100 cm³/mol. The summed E-state index contributed by atoms with van der Waals surface area (Å²) in [5.41, 5.74) is 5.67. The summed E-state index contributed by atoms with van der Waals surface area (Å²) in [6, 6.07) is 31.7. The SMILES string of the molecule is [B]c1ccc(-c2cccc(-c3cccc4ccccc34)c2)cc1. The quantitative estimate of drug-likeness (QED) is 0.457. The first-order valence-electron chi connectivity index (χ1n) is 7.75. The fourth-order valence-corrected chi connectivity index (χ4v) is 3.02. The van der Waals surface area contributed by atoms with E-state index in [0.717, 1.165) is 5.46 Å². The number of rotatable bonds is 2. The molecule has 0 saturated carbocycles. The van der Waals surface area contributed by atoms with Gasteiger partial charge in [-0.25, -0.2) is 0 Å². The van der Waals surface area contributed by atoms with Gasteiger partial charge in [-0.1, -0.05) is 90.4 Å². The molecule has 0 aliphatic carbocycles. The Hall–Kier alpha value is -2.80. The molecule has 0 atom stereocenters. The van der Waals surface area contributed by atoms with Crippen molar-refractivity contribution in [1.82, 2.24) is 0 Å². The molecule has 0 unspecified atom stereocenters. The molecule has 0 aromatic heterocycles. The van der Waals surface area contributed by atoms with Gasteiger partial charge in [0.2, 0.25) is 0 Å². The maximum absolute atomic E-state index is 5.79. The molecule has 1 heteroatoms. The molecule has 4 aromatic rings. The molecule has 0 nitrogen and oxygen atoms in total. The molecule has 0 heterocycles. The normalized spacial score (nSPS) is 10.8. The predicted octanol–water partition coefficient (Wildman–Crippen LogP) is 4.97. The second-order valence-electron chi connectivity index (χ2n) is 5.73. The molecule has 106 valence electrons. The summed E-state index contributed by atoms with van der Waals surface area (Å²) in [6.45, 7) is 0. The molecule has 2 radical (unpaired) electrons. The molecule has 4 rings (SSSR count). The standard InChI is InChI=1S/C22H15B/c23-20-13-11-16(12-14-20)18-7-3-8-19(15-18)22-10-4-6-17-5-1-2-9-21(17)22/h1-15H. The van der Waals surface area contributed by atoms with Crippen molar-refractivity contribution in [1.29, 1.82) is 0 Å². The molecule has 0 amide bonds. The van der Waals surface area contributed by atoms with E-state index in [0.29, 0.717) is 0 Å². The average Bonchev–Trinajstić information content (AvgIpc) is 2.62. The highest BCUT2D eigenvalue weighted by Gasteiger charge is 2.05. The summed E-state index contributed by atoms with van der Waals surface area (Å²) in [7, 11) is 5.79. The molecule has 0 saturated heterocycles. The van der Waals surface area contributed by atoms with E-state index >= 15 is 0 Å². The maximum atomic E-state index is 5.79. The molecule has 0 bridgehead atoms. The van der Waals surface area contributed by atoms with Crippen molar-refractivity contribution in [3.63, 3.8) is 0 Å². The van der Waals surface area contributed by atoms with Crippen molar-refractivity contribution in [2.45, 2.75) is 0 Å². The second kappa shape index (κ2) is 5.77. The summed E-state index contributed by atoms with van der Waals surface area (Å²) in [5, 5.41) is 2.55. The van der Waals surface area contributed by atoms with Crippen LogP contribution in [-0.2, 0) is 0 Å². The van der Waals surface area contributed by atoms with Gasteiger partial charge in [0, 0.05) is 0 Å². The number of benzene rings is 4. The summed E-state index contributed by atoms with van der Waals surface area (Å²) in [4.78, 5) is 0. The van der Waals surface area contributed by atoms with Gasteiger partial charge < -0.3 is 0 Å². The van der Waals surface area contributed by atoms with Crippen LogP contribution in [0.2, 0.25) is 0 Å². The third-order valence-corrected chi connectivity index (χ3v) is 4.21. The molecule has 0 spiro atoms. The number of hydrogen-bond acceptors (Lipinski definition) is 0. The van der Waals surface area contributed by atoms with Crippen LogP contribution in [-0.4, -0.2) is 7.85 Å². The van der Waals surface area contributed by atoms with Crippen molar-refractivity contribution in [3.8, 4) is 22.3 Å². The average molecular weight is 290 g/mol. The first kappa shape index (κ1) is 13.8. The first-order valence-corrected chi connectivity index (χ1v) is 7.75.